The summed E-state index contributed by atoms with van der Waals surface area (Å²) in [5, 5.41) is 0. The molecule has 2 rings (SSSR count). The summed E-state index contributed by atoms with van der Waals surface area (Å²) in [6, 6.07) is 11.0. The predicted octanol–water partition coefficient (Wildman–Crippen LogP) is 2.46. The Morgan fingerprint density at radius 1 is 1.27 bits per heavy atom. The van der Waals surface area contributed by atoms with Gasteiger partial charge in [0, 0.05) is 0 Å². The first-order valence-corrected chi connectivity index (χ1v) is 8.99. The summed E-state index contributed by atoms with van der Waals surface area (Å²) in [6.45, 7) is 0. The Kier molecular flexibility index (Phi) is 5.57. The highest BCUT2D eigenvalue weighted by molar-refractivity contribution is 7.91. The van der Waals surface area contributed by atoms with Crippen molar-refractivity contribution < 1.29 is 17.9 Å². The van der Waals surface area contributed by atoms with Crippen molar-refractivity contribution in [3.05, 3.63) is 52.4 Å². The molecule has 0 spiro atoms. The predicted molar refractivity (Wildman–Crippen MR) is 85.6 cm³/mol. The van der Waals surface area contributed by atoms with Crippen LogP contribution in [0.4, 0.5) is 0 Å². The van der Waals surface area contributed by atoms with E-state index in [-0.39, 0.29) is 10.6 Å². The lowest BCUT2D eigenvalue weighted by atomic mass is 10.1. The fourth-order valence-corrected chi connectivity index (χ4v) is 4.54. The van der Waals surface area contributed by atoms with Gasteiger partial charge in [-0.15, -0.1) is 11.3 Å². The Labute approximate surface area is 137 Å². The molecule has 5 nitrogen and oxygen atoms in total. The summed E-state index contributed by atoms with van der Waals surface area (Å²) < 4.78 is 32.1. The van der Waals surface area contributed by atoms with Crippen molar-refractivity contribution in [2.24, 2.45) is 0 Å². The maximum atomic E-state index is 12.3. The Hall–Kier alpha value is -1.41. The zero-order valence-corrected chi connectivity index (χ0v) is 14.0. The highest BCUT2D eigenvalue weighted by atomic mass is 35.5. The number of carbonyl (C=O) groups excluding carboxylic acids is 1. The third-order valence-electron chi connectivity index (χ3n) is 2.88. The number of hydrogen-bond acceptors (Lipinski definition) is 5. The molecule has 0 radical (unpaired) electrons. The molecule has 0 aliphatic carbocycles. The van der Waals surface area contributed by atoms with Crippen molar-refractivity contribution in [3.63, 3.8) is 0 Å². The minimum Gasteiger partial charge on any atom is -0.468 e. The van der Waals surface area contributed by atoms with Crippen LogP contribution in [-0.4, -0.2) is 27.5 Å². The Morgan fingerprint density at radius 3 is 2.50 bits per heavy atom. The van der Waals surface area contributed by atoms with Gasteiger partial charge in [-0.1, -0.05) is 41.9 Å². The first-order valence-electron chi connectivity index (χ1n) is 6.32. The van der Waals surface area contributed by atoms with E-state index < -0.39 is 22.0 Å². The second-order valence-electron chi connectivity index (χ2n) is 4.45. The number of sulfonamides is 1. The van der Waals surface area contributed by atoms with Gasteiger partial charge in [-0.3, -0.25) is 4.79 Å². The van der Waals surface area contributed by atoms with Crippen LogP contribution in [0.25, 0.3) is 0 Å². The number of esters is 1. The third-order valence-corrected chi connectivity index (χ3v) is 6.07. The quantitative estimate of drug-likeness (QED) is 0.804. The van der Waals surface area contributed by atoms with Crippen LogP contribution in [0, 0.1) is 0 Å². The Balaban J connectivity index is 2.21. The minimum absolute atomic E-state index is 0.0551. The number of benzene rings is 1. The van der Waals surface area contributed by atoms with Crippen molar-refractivity contribution in [2.45, 2.75) is 16.7 Å². The fraction of sp³-hybridized carbons (Fsp3) is 0.214. The van der Waals surface area contributed by atoms with E-state index in [1.165, 1.54) is 19.2 Å². The van der Waals surface area contributed by atoms with E-state index in [0.717, 1.165) is 16.9 Å². The van der Waals surface area contributed by atoms with Gasteiger partial charge in [-0.25, -0.2) is 8.42 Å². The SMILES string of the molecule is COC(=O)C(Cc1ccccc1)NS(=O)(=O)c1ccc(Cl)s1. The minimum atomic E-state index is -3.83. The van der Waals surface area contributed by atoms with Crippen LogP contribution in [0.15, 0.2) is 46.7 Å². The van der Waals surface area contributed by atoms with E-state index in [9.17, 15) is 13.2 Å². The molecule has 1 unspecified atom stereocenters. The van der Waals surface area contributed by atoms with Gasteiger partial charge < -0.3 is 4.74 Å². The van der Waals surface area contributed by atoms with Crippen molar-refractivity contribution in [2.75, 3.05) is 7.11 Å². The highest BCUT2D eigenvalue weighted by Crippen LogP contribution is 2.25. The van der Waals surface area contributed by atoms with Gasteiger partial charge in [0.15, 0.2) is 0 Å². The number of hydrogen-bond donors (Lipinski definition) is 1. The molecule has 1 N–H and O–H groups in total. The van der Waals surface area contributed by atoms with Crippen LogP contribution in [0.3, 0.4) is 0 Å². The monoisotopic (exact) mass is 359 g/mol. The Bertz CT molecular complexity index is 743. The van der Waals surface area contributed by atoms with E-state index in [0.29, 0.717) is 4.34 Å². The van der Waals surface area contributed by atoms with E-state index >= 15 is 0 Å². The van der Waals surface area contributed by atoms with Gasteiger partial charge in [0.25, 0.3) is 10.0 Å². The number of thiophene rings is 1. The lowest BCUT2D eigenvalue weighted by Gasteiger charge is -2.16. The maximum absolute atomic E-state index is 12.3. The number of nitrogens with one attached hydrogen (secondary N) is 1. The number of methoxy groups -OCH3 is 1. The molecule has 1 heterocycles. The molecule has 0 aliphatic heterocycles. The summed E-state index contributed by atoms with van der Waals surface area (Å²) in [7, 11) is -2.61. The average molecular weight is 360 g/mol. The first-order chi connectivity index (χ1) is 10.4. The second kappa shape index (κ2) is 7.23. The number of ether oxygens (including phenoxy) is 1. The van der Waals surface area contributed by atoms with Gasteiger partial charge in [-0.2, -0.15) is 4.72 Å². The topological polar surface area (TPSA) is 72.5 Å². The van der Waals surface area contributed by atoms with Gasteiger partial charge in [0.2, 0.25) is 0 Å². The lowest BCUT2D eigenvalue weighted by Crippen LogP contribution is -2.42. The molecule has 1 atom stereocenters. The van der Waals surface area contributed by atoms with Gasteiger partial charge in [0.05, 0.1) is 11.4 Å². The number of carbonyl (C=O) groups is 1. The third kappa shape index (κ3) is 4.30. The summed E-state index contributed by atoms with van der Waals surface area (Å²) in [5.74, 6) is -0.643. The van der Waals surface area contributed by atoms with Gasteiger partial charge in [-0.05, 0) is 24.1 Å². The van der Waals surface area contributed by atoms with Crippen LogP contribution in [0.1, 0.15) is 5.56 Å². The molecule has 118 valence electrons. The van der Waals surface area contributed by atoms with Gasteiger partial charge in [0.1, 0.15) is 10.3 Å². The molecule has 1 aromatic heterocycles. The lowest BCUT2D eigenvalue weighted by molar-refractivity contribution is -0.142. The molecule has 1 aromatic carbocycles. The molecule has 0 fully saturated rings. The molecule has 0 bridgehead atoms. The van der Waals surface area contributed by atoms with Gasteiger partial charge >= 0.3 is 5.97 Å². The second-order valence-corrected chi connectivity index (χ2v) is 8.10. The molecule has 0 saturated heterocycles. The molecule has 0 amide bonds. The molecular formula is C14H14ClNO4S2. The largest absolute Gasteiger partial charge is 0.468 e. The van der Waals surface area contributed by atoms with Crippen molar-refractivity contribution in [1.82, 2.24) is 4.72 Å². The van der Waals surface area contributed by atoms with Crippen LogP contribution >= 0.6 is 22.9 Å². The van der Waals surface area contributed by atoms with E-state index in [2.05, 4.69) is 9.46 Å². The molecular weight excluding hydrogens is 346 g/mol. The Morgan fingerprint density at radius 2 is 1.95 bits per heavy atom. The maximum Gasteiger partial charge on any atom is 0.324 e. The highest BCUT2D eigenvalue weighted by Gasteiger charge is 2.27. The molecule has 0 saturated carbocycles. The summed E-state index contributed by atoms with van der Waals surface area (Å²) >= 11 is 6.68. The summed E-state index contributed by atoms with van der Waals surface area (Å²) in [4.78, 5) is 11.9. The summed E-state index contributed by atoms with van der Waals surface area (Å²) in [6.07, 6.45) is 0.200. The standard InChI is InChI=1S/C14H14ClNO4S2/c1-20-14(17)11(9-10-5-3-2-4-6-10)16-22(18,19)13-8-7-12(15)21-13/h2-8,11,16H,9H2,1H3. The molecule has 22 heavy (non-hydrogen) atoms. The van der Waals surface area contributed by atoms with E-state index in [1.807, 2.05) is 30.3 Å². The van der Waals surface area contributed by atoms with Crippen LogP contribution in [0.5, 0.6) is 0 Å². The van der Waals surface area contributed by atoms with Crippen molar-refractivity contribution >= 4 is 38.9 Å². The molecule has 0 aliphatic rings. The smallest absolute Gasteiger partial charge is 0.324 e. The molecule has 2 aromatic rings. The van der Waals surface area contributed by atoms with Crippen LogP contribution in [-0.2, 0) is 26.0 Å². The first kappa shape index (κ1) is 17.0. The van der Waals surface area contributed by atoms with E-state index in [4.69, 9.17) is 11.6 Å². The average Bonchev–Trinajstić information content (AvgIpc) is 2.94. The normalized spacial score (nSPS) is 12.8. The summed E-state index contributed by atoms with van der Waals surface area (Å²) in [5.41, 5.74) is 0.824. The van der Waals surface area contributed by atoms with Crippen LogP contribution < -0.4 is 4.72 Å². The van der Waals surface area contributed by atoms with Crippen LogP contribution in [0.2, 0.25) is 4.34 Å². The van der Waals surface area contributed by atoms with Crippen molar-refractivity contribution in [3.8, 4) is 0 Å². The zero-order valence-electron chi connectivity index (χ0n) is 11.7. The number of rotatable bonds is 6. The van der Waals surface area contributed by atoms with E-state index in [1.54, 1.807) is 0 Å². The number of halogens is 1. The van der Waals surface area contributed by atoms with Crippen molar-refractivity contribution in [1.29, 1.82) is 0 Å². The fourth-order valence-electron chi connectivity index (χ4n) is 1.85. The molecule has 8 heteroatoms. The zero-order chi connectivity index (χ0) is 16.2.